The van der Waals surface area contributed by atoms with Crippen molar-refractivity contribution in [3.05, 3.63) is 28.8 Å². The van der Waals surface area contributed by atoms with E-state index in [1.165, 1.54) is 6.07 Å². The normalized spacial score (nSPS) is 11.9. The summed E-state index contributed by atoms with van der Waals surface area (Å²) in [5.41, 5.74) is 6.21. The van der Waals surface area contributed by atoms with Crippen LogP contribution in [0.15, 0.2) is 18.2 Å². The van der Waals surface area contributed by atoms with Gasteiger partial charge in [-0.3, -0.25) is 9.59 Å². The Morgan fingerprint density at radius 1 is 1.47 bits per heavy atom. The monoisotopic (exact) mass is 284 g/mol. The summed E-state index contributed by atoms with van der Waals surface area (Å²) in [6.07, 6.45) is 0.702. The highest BCUT2D eigenvalue weighted by Gasteiger charge is 2.10. The van der Waals surface area contributed by atoms with Crippen molar-refractivity contribution in [1.82, 2.24) is 0 Å². The van der Waals surface area contributed by atoms with E-state index >= 15 is 0 Å². The van der Waals surface area contributed by atoms with Gasteiger partial charge in [-0.15, -0.1) is 0 Å². The molecule has 0 saturated heterocycles. The Morgan fingerprint density at radius 3 is 2.74 bits per heavy atom. The number of halogens is 1. The van der Waals surface area contributed by atoms with Crippen LogP contribution in [0, 0.1) is 5.92 Å². The van der Waals surface area contributed by atoms with Crippen LogP contribution >= 0.6 is 11.6 Å². The molecule has 4 N–H and O–H groups in total. The molecule has 0 aromatic heterocycles. The van der Waals surface area contributed by atoms with Gasteiger partial charge < -0.3 is 16.2 Å². The Balaban J connectivity index is 2.62. The van der Waals surface area contributed by atoms with E-state index in [4.69, 9.17) is 22.4 Å². The van der Waals surface area contributed by atoms with Crippen molar-refractivity contribution in [3.8, 4) is 0 Å². The molecular formula is C13H17ClN2O3. The number of nitrogens with two attached hydrogens (primary N) is 1. The van der Waals surface area contributed by atoms with E-state index in [2.05, 4.69) is 5.32 Å². The second-order valence-corrected chi connectivity index (χ2v) is 4.91. The summed E-state index contributed by atoms with van der Waals surface area (Å²) in [5, 5.41) is 12.1. The molecule has 1 atom stereocenters. The zero-order chi connectivity index (χ0) is 14.4. The molecule has 0 heterocycles. The van der Waals surface area contributed by atoms with Crippen molar-refractivity contribution in [2.24, 2.45) is 11.7 Å². The quantitative estimate of drug-likeness (QED) is 0.716. The van der Waals surface area contributed by atoms with E-state index < -0.39 is 11.9 Å². The van der Waals surface area contributed by atoms with Crippen molar-refractivity contribution in [3.63, 3.8) is 0 Å². The van der Waals surface area contributed by atoms with Crippen molar-refractivity contribution in [2.45, 2.75) is 19.8 Å². The maximum absolute atomic E-state index is 11.3. The predicted octanol–water partition coefficient (Wildman–Crippen LogP) is 2.35. The molecule has 0 bridgehead atoms. The van der Waals surface area contributed by atoms with Crippen LogP contribution in [0.2, 0.25) is 5.02 Å². The van der Waals surface area contributed by atoms with Crippen LogP contribution in [-0.2, 0) is 4.79 Å². The fourth-order valence-corrected chi connectivity index (χ4v) is 1.80. The minimum Gasteiger partial charge on any atom is -0.481 e. The molecule has 1 unspecified atom stereocenters. The Hall–Kier alpha value is -1.75. The predicted molar refractivity (Wildman–Crippen MR) is 74.5 cm³/mol. The number of hydrogen-bond donors (Lipinski definition) is 3. The molecule has 0 radical (unpaired) electrons. The molecule has 19 heavy (non-hydrogen) atoms. The number of carbonyl (C=O) groups is 2. The zero-order valence-corrected chi connectivity index (χ0v) is 11.4. The second-order valence-electron chi connectivity index (χ2n) is 4.47. The largest absolute Gasteiger partial charge is 0.481 e. The number of carboxylic acid groups (broad SMARTS) is 1. The van der Waals surface area contributed by atoms with Crippen LogP contribution < -0.4 is 11.1 Å². The van der Waals surface area contributed by atoms with E-state index in [9.17, 15) is 9.59 Å². The molecule has 0 saturated carbocycles. The van der Waals surface area contributed by atoms with E-state index in [1.54, 1.807) is 12.1 Å². The van der Waals surface area contributed by atoms with E-state index in [1.807, 2.05) is 6.92 Å². The summed E-state index contributed by atoms with van der Waals surface area (Å²) < 4.78 is 0. The third-order valence-corrected chi connectivity index (χ3v) is 2.97. The molecule has 0 aliphatic rings. The molecule has 104 valence electrons. The highest BCUT2D eigenvalue weighted by Crippen LogP contribution is 2.21. The molecule has 1 rings (SSSR count). The van der Waals surface area contributed by atoms with Crippen molar-refractivity contribution in [2.75, 3.05) is 11.9 Å². The standard InChI is InChI=1S/C13H17ClN2O3/c1-8(2-5-12(17)18)7-16-11-4-3-9(14)6-10(11)13(15)19/h3-4,6,8,16H,2,5,7H2,1H3,(H2,15,19)(H,17,18). The van der Waals surface area contributed by atoms with Crippen LogP contribution in [0.25, 0.3) is 0 Å². The van der Waals surface area contributed by atoms with Gasteiger partial charge in [-0.05, 0) is 30.5 Å². The number of aliphatic carboxylic acids is 1. The first-order chi connectivity index (χ1) is 8.90. The van der Waals surface area contributed by atoms with E-state index in [0.717, 1.165) is 0 Å². The minimum atomic E-state index is -0.809. The van der Waals surface area contributed by atoms with Crippen molar-refractivity contribution < 1.29 is 14.7 Å². The Bertz CT molecular complexity index is 477. The van der Waals surface area contributed by atoms with Gasteiger partial charge in [-0.25, -0.2) is 0 Å². The lowest BCUT2D eigenvalue weighted by Gasteiger charge is -2.14. The zero-order valence-electron chi connectivity index (χ0n) is 10.6. The highest BCUT2D eigenvalue weighted by molar-refractivity contribution is 6.31. The van der Waals surface area contributed by atoms with E-state index in [-0.39, 0.29) is 12.3 Å². The average Bonchev–Trinajstić information content (AvgIpc) is 2.34. The van der Waals surface area contributed by atoms with Crippen LogP contribution in [0.5, 0.6) is 0 Å². The molecule has 6 heteroatoms. The Kier molecular flexibility index (Phi) is 5.63. The van der Waals surface area contributed by atoms with Crippen molar-refractivity contribution in [1.29, 1.82) is 0 Å². The molecule has 0 aliphatic heterocycles. The summed E-state index contributed by atoms with van der Waals surface area (Å²) in [4.78, 5) is 21.7. The first kappa shape index (κ1) is 15.3. The summed E-state index contributed by atoms with van der Waals surface area (Å²) in [6.45, 7) is 2.50. The number of rotatable bonds is 7. The number of nitrogens with one attached hydrogen (secondary N) is 1. The second kappa shape index (κ2) is 6.99. The highest BCUT2D eigenvalue weighted by atomic mass is 35.5. The number of anilines is 1. The number of primary amides is 1. The number of amides is 1. The van der Waals surface area contributed by atoms with Gasteiger partial charge in [0.2, 0.25) is 0 Å². The smallest absolute Gasteiger partial charge is 0.303 e. The topological polar surface area (TPSA) is 92.4 Å². The third-order valence-electron chi connectivity index (χ3n) is 2.74. The van der Waals surface area contributed by atoms with Gasteiger partial charge in [0, 0.05) is 23.7 Å². The first-order valence-corrected chi connectivity index (χ1v) is 6.33. The molecule has 5 nitrogen and oxygen atoms in total. The Morgan fingerprint density at radius 2 is 2.16 bits per heavy atom. The van der Waals surface area contributed by atoms with Gasteiger partial charge in [-0.1, -0.05) is 18.5 Å². The number of carbonyl (C=O) groups excluding carboxylic acids is 1. The molecular weight excluding hydrogens is 268 g/mol. The third kappa shape index (κ3) is 5.18. The SMILES string of the molecule is CC(CCC(=O)O)CNc1ccc(Cl)cc1C(N)=O. The fraction of sp³-hybridized carbons (Fsp3) is 0.385. The number of benzene rings is 1. The molecule has 0 fully saturated rings. The minimum absolute atomic E-state index is 0.131. The molecule has 1 aromatic rings. The van der Waals surface area contributed by atoms with E-state index in [0.29, 0.717) is 29.2 Å². The van der Waals surface area contributed by atoms with Crippen LogP contribution in [0.4, 0.5) is 5.69 Å². The van der Waals surface area contributed by atoms with Crippen LogP contribution in [0.3, 0.4) is 0 Å². The summed E-state index contributed by atoms with van der Waals surface area (Å²) in [7, 11) is 0. The lowest BCUT2D eigenvalue weighted by Crippen LogP contribution is -2.17. The van der Waals surface area contributed by atoms with Gasteiger partial charge in [0.05, 0.1) is 5.56 Å². The van der Waals surface area contributed by atoms with Gasteiger partial charge in [-0.2, -0.15) is 0 Å². The molecule has 0 aliphatic carbocycles. The average molecular weight is 285 g/mol. The van der Waals surface area contributed by atoms with Crippen LogP contribution in [0.1, 0.15) is 30.1 Å². The first-order valence-electron chi connectivity index (χ1n) is 5.95. The van der Waals surface area contributed by atoms with Gasteiger partial charge in [0.15, 0.2) is 0 Å². The molecule has 0 spiro atoms. The van der Waals surface area contributed by atoms with Crippen LogP contribution in [-0.4, -0.2) is 23.5 Å². The van der Waals surface area contributed by atoms with Gasteiger partial charge in [0.25, 0.3) is 5.91 Å². The number of carboxylic acids is 1. The fourth-order valence-electron chi connectivity index (χ4n) is 1.63. The molecule has 1 amide bonds. The molecule has 1 aromatic carbocycles. The summed E-state index contributed by atoms with van der Waals surface area (Å²) in [6, 6.07) is 4.86. The van der Waals surface area contributed by atoms with Gasteiger partial charge >= 0.3 is 5.97 Å². The Labute approximate surface area is 116 Å². The maximum Gasteiger partial charge on any atom is 0.303 e. The lowest BCUT2D eigenvalue weighted by atomic mass is 10.1. The number of hydrogen-bond acceptors (Lipinski definition) is 3. The van der Waals surface area contributed by atoms with Crippen molar-refractivity contribution >= 4 is 29.2 Å². The maximum atomic E-state index is 11.3. The summed E-state index contributed by atoms with van der Waals surface area (Å²) >= 11 is 5.81. The van der Waals surface area contributed by atoms with Gasteiger partial charge in [0.1, 0.15) is 0 Å². The lowest BCUT2D eigenvalue weighted by molar-refractivity contribution is -0.137. The summed E-state index contributed by atoms with van der Waals surface area (Å²) in [5.74, 6) is -1.19.